The second-order valence-corrected chi connectivity index (χ2v) is 18.5. The fourth-order valence-corrected chi connectivity index (χ4v) is 7.72. The summed E-state index contributed by atoms with van der Waals surface area (Å²) >= 11 is 0. The molecule has 14 heteroatoms. The van der Waals surface area contributed by atoms with E-state index in [1.165, 1.54) is 6.07 Å². The number of hydrogen-bond acceptors (Lipinski definition) is 9. The van der Waals surface area contributed by atoms with Gasteiger partial charge < -0.3 is 23.1 Å². The van der Waals surface area contributed by atoms with Gasteiger partial charge in [-0.15, -0.1) is 5.10 Å². The quantitative estimate of drug-likeness (QED) is 0.0611. The molecule has 0 bridgehead atoms. The number of aromatic nitrogens is 3. The molecule has 12 nitrogen and oxygen atoms in total. The van der Waals surface area contributed by atoms with Crippen molar-refractivity contribution in [3.8, 4) is 0 Å². The number of benzene rings is 1. The van der Waals surface area contributed by atoms with Gasteiger partial charge in [-0.2, -0.15) is 0 Å². The normalized spacial score (nSPS) is 22.6. The van der Waals surface area contributed by atoms with Crippen LogP contribution in [0.1, 0.15) is 68.0 Å². The van der Waals surface area contributed by atoms with Crippen LogP contribution in [0.3, 0.4) is 0 Å². The smallest absolute Gasteiger partial charge is 0.299 e. The van der Waals surface area contributed by atoms with Gasteiger partial charge in [-0.05, 0) is 58.3 Å². The van der Waals surface area contributed by atoms with Crippen LogP contribution in [0.5, 0.6) is 0 Å². The highest BCUT2D eigenvalue weighted by molar-refractivity contribution is 7.44. The van der Waals surface area contributed by atoms with Crippen molar-refractivity contribution in [2.45, 2.75) is 117 Å². The number of nitrogens with zero attached hydrogens (tertiary/aromatic N) is 6. The molecule has 1 saturated heterocycles. The molecule has 1 aliphatic heterocycles. The average molecular weight is 609 g/mol. The van der Waals surface area contributed by atoms with Gasteiger partial charge in [0.25, 0.3) is 14.2 Å². The van der Waals surface area contributed by atoms with Crippen molar-refractivity contribution in [1.82, 2.24) is 19.7 Å². The van der Waals surface area contributed by atoms with E-state index in [0.717, 1.165) is 0 Å². The molecule has 0 spiro atoms. The summed E-state index contributed by atoms with van der Waals surface area (Å²) in [4.78, 5) is 14.7. The molecule has 1 fully saturated rings. The monoisotopic (exact) mass is 608 g/mol. The maximum Gasteiger partial charge on any atom is 0.299 e. The Morgan fingerprint density at radius 1 is 1.24 bits per heavy atom. The van der Waals surface area contributed by atoms with Gasteiger partial charge >= 0.3 is 0 Å². The molecule has 0 N–H and O–H groups in total. The number of nitro benzene ring substituents is 1. The molecule has 3 rings (SSSR count). The Hall–Kier alpha value is -2.04. The first kappa shape index (κ1) is 33.5. The van der Waals surface area contributed by atoms with Gasteiger partial charge in [-0.25, -0.2) is 15.9 Å². The number of hydrogen-bond donors (Lipinski definition) is 0. The van der Waals surface area contributed by atoms with Crippen LogP contribution in [0.15, 0.2) is 18.2 Å². The highest BCUT2D eigenvalue weighted by Crippen LogP contribution is 2.52. The first-order valence-corrected chi connectivity index (χ1v) is 18.2. The van der Waals surface area contributed by atoms with Crippen molar-refractivity contribution in [3.63, 3.8) is 0 Å². The summed E-state index contributed by atoms with van der Waals surface area (Å²) in [6.45, 7) is 29.0. The summed E-state index contributed by atoms with van der Waals surface area (Å²) in [5.74, 6) is 0. The van der Waals surface area contributed by atoms with Gasteiger partial charge in [0, 0.05) is 18.2 Å². The molecule has 228 valence electrons. The number of non-ortho nitro benzene ring substituents is 1. The maximum atomic E-state index is 11.7. The summed E-state index contributed by atoms with van der Waals surface area (Å²) < 4.78 is 30.6. The van der Waals surface area contributed by atoms with Crippen molar-refractivity contribution >= 4 is 33.6 Å². The highest BCUT2D eigenvalue weighted by atomic mass is 31.2. The molecule has 1 aromatic carbocycles. The van der Waals surface area contributed by atoms with E-state index in [9.17, 15) is 10.1 Å². The summed E-state index contributed by atoms with van der Waals surface area (Å²) in [5.41, 5.74) is 0.569. The minimum absolute atomic E-state index is 0.103. The Morgan fingerprint density at radius 2 is 1.90 bits per heavy atom. The minimum atomic E-state index is -2.37. The molecule has 41 heavy (non-hydrogen) atoms. The molecule has 1 aromatic heterocycles. The van der Waals surface area contributed by atoms with E-state index in [4.69, 9.17) is 24.8 Å². The van der Waals surface area contributed by atoms with Crippen LogP contribution in [0, 0.1) is 16.7 Å². The lowest BCUT2D eigenvalue weighted by atomic mass is 10.1. The van der Waals surface area contributed by atoms with Gasteiger partial charge in [0.05, 0.1) is 16.5 Å². The number of ether oxygens (including phenoxy) is 1. The van der Waals surface area contributed by atoms with Gasteiger partial charge in [0.2, 0.25) is 6.54 Å². The topological polar surface area (TPSA) is 118 Å². The molecule has 2 aromatic rings. The molecule has 1 aliphatic rings. The van der Waals surface area contributed by atoms with Crippen molar-refractivity contribution in [3.05, 3.63) is 39.7 Å². The second kappa shape index (κ2) is 13.5. The fraction of sp³-hybridized carbons (Fsp3) is 0.741. The Balaban J connectivity index is 2.12. The number of rotatable bonds is 13. The molecule has 0 amide bonds. The molecule has 2 heterocycles. The van der Waals surface area contributed by atoms with Crippen LogP contribution < -0.4 is 0 Å². The third-order valence-corrected chi connectivity index (χ3v) is 14.3. The molecule has 0 aliphatic carbocycles. The van der Waals surface area contributed by atoms with E-state index in [1.54, 1.807) is 16.8 Å². The molecule has 5 atom stereocenters. The van der Waals surface area contributed by atoms with Crippen molar-refractivity contribution < 1.29 is 23.1 Å². The average Bonchev–Trinajstić information content (AvgIpc) is 3.43. The lowest BCUT2D eigenvalue weighted by Gasteiger charge is -2.42. The maximum absolute atomic E-state index is 11.7. The number of nitro groups is 1. The number of fused-ring (bicyclic) bond motifs is 1. The lowest BCUT2D eigenvalue weighted by molar-refractivity contribution is -0.383. The summed E-state index contributed by atoms with van der Waals surface area (Å²) in [6.07, 6.45) is -1.54. The predicted octanol–water partition coefficient (Wildman–Crippen LogP) is 6.70. The van der Waals surface area contributed by atoms with Gasteiger partial charge in [-0.1, -0.05) is 39.0 Å². The third kappa shape index (κ3) is 7.31. The fourth-order valence-electron chi connectivity index (χ4n) is 4.68. The second-order valence-electron chi connectivity index (χ2n) is 12.3. The Bertz CT molecular complexity index is 1220. The molecular weight excluding hydrogens is 563 g/mol. The van der Waals surface area contributed by atoms with E-state index in [-0.39, 0.29) is 47.6 Å². The SMILES string of the molecule is [C-]#[N+]CCOP(O[C@H]1[C@@H](O[Si](C)(C)C(C)(C)C)[C@H](n2nnc3c([N+](=O)[O-])cccc32)O[C@@H]1CC)N(C(C)C)C(C)C. The van der Waals surface area contributed by atoms with Crippen molar-refractivity contribution in [2.24, 2.45) is 0 Å². The Kier molecular flexibility index (Phi) is 11.0. The zero-order valence-corrected chi connectivity index (χ0v) is 27.8. The summed E-state index contributed by atoms with van der Waals surface area (Å²) in [6, 6.07) is 5.06. The van der Waals surface area contributed by atoms with Crippen LogP contribution in [0.4, 0.5) is 5.69 Å². The Labute approximate surface area is 245 Å². The largest absolute Gasteiger partial charge is 0.406 e. The zero-order chi connectivity index (χ0) is 30.7. The van der Waals surface area contributed by atoms with E-state index >= 15 is 0 Å². The molecule has 0 saturated carbocycles. The van der Waals surface area contributed by atoms with Crippen LogP contribution in [-0.4, -0.2) is 76.5 Å². The van der Waals surface area contributed by atoms with Gasteiger partial charge in [-0.3, -0.25) is 10.1 Å². The summed E-state index contributed by atoms with van der Waals surface area (Å²) in [5, 5.41) is 20.1. The van der Waals surface area contributed by atoms with Gasteiger partial charge in [0.15, 0.2) is 20.1 Å². The van der Waals surface area contributed by atoms with Crippen molar-refractivity contribution in [2.75, 3.05) is 13.2 Å². The molecule has 0 radical (unpaired) electrons. The van der Waals surface area contributed by atoms with Crippen LogP contribution in [-0.2, 0) is 18.2 Å². The third-order valence-electron chi connectivity index (χ3n) is 7.71. The van der Waals surface area contributed by atoms with E-state index < -0.39 is 40.2 Å². The van der Waals surface area contributed by atoms with Crippen LogP contribution >= 0.6 is 8.53 Å². The van der Waals surface area contributed by atoms with E-state index in [1.807, 2.05) is 6.92 Å². The Morgan fingerprint density at radius 3 is 2.44 bits per heavy atom. The highest BCUT2D eigenvalue weighted by Gasteiger charge is 2.53. The van der Waals surface area contributed by atoms with E-state index in [2.05, 4.69) is 81.4 Å². The standard InChI is InChI=1S/C27H45N6O6PSi/c1-12-22-24(38-40(36-17-16-28-9)32(18(2)3)19(4)5)25(39-41(10,11)27(6,7)8)26(37-22)31-20-14-13-15-21(33(34)35)23(20)29-30-31/h13-15,18-19,22,24-26H,12,16-17H2,1-8,10-11H3/t22-,24-,25-,26-,40?/m1/s1. The van der Waals surface area contributed by atoms with Crippen LogP contribution in [0.25, 0.3) is 15.9 Å². The molecular formula is C27H45N6O6PSi. The van der Waals surface area contributed by atoms with Crippen molar-refractivity contribution in [1.29, 1.82) is 0 Å². The zero-order valence-electron chi connectivity index (χ0n) is 25.9. The lowest BCUT2D eigenvalue weighted by Crippen LogP contribution is -2.49. The van der Waals surface area contributed by atoms with Gasteiger partial charge in [0.1, 0.15) is 18.8 Å². The minimum Gasteiger partial charge on any atom is -0.406 e. The van der Waals surface area contributed by atoms with E-state index in [0.29, 0.717) is 11.9 Å². The molecule has 1 unspecified atom stereocenters. The predicted molar refractivity (Wildman–Crippen MR) is 162 cm³/mol. The summed E-state index contributed by atoms with van der Waals surface area (Å²) in [7, 11) is -3.94. The first-order valence-electron chi connectivity index (χ1n) is 14.2. The first-order chi connectivity index (χ1) is 19.1. The van der Waals surface area contributed by atoms with Crippen LogP contribution in [0.2, 0.25) is 18.1 Å².